The number of carbonyl (C=O) groups excluding carboxylic acids is 1. The van der Waals surface area contributed by atoms with Crippen LogP contribution in [-0.4, -0.2) is 18.7 Å². The van der Waals surface area contributed by atoms with Crippen molar-refractivity contribution in [3.05, 3.63) is 29.3 Å². The lowest BCUT2D eigenvalue weighted by atomic mass is 10.1. The second-order valence-electron chi connectivity index (χ2n) is 4.02. The normalized spacial score (nSPS) is 20.6. The van der Waals surface area contributed by atoms with Crippen LogP contribution in [-0.2, 0) is 4.74 Å². The minimum absolute atomic E-state index is 0.0163. The molecule has 1 aromatic carbocycles. The summed E-state index contributed by atoms with van der Waals surface area (Å²) in [6.45, 7) is 6.62. The van der Waals surface area contributed by atoms with Gasteiger partial charge in [0.05, 0.1) is 12.2 Å². The Morgan fingerprint density at radius 1 is 1.40 bits per heavy atom. The van der Waals surface area contributed by atoms with Crippen LogP contribution in [0.2, 0.25) is 0 Å². The molecule has 0 saturated carbocycles. The molecule has 0 N–H and O–H groups in total. The van der Waals surface area contributed by atoms with Gasteiger partial charge in [0, 0.05) is 0 Å². The van der Waals surface area contributed by atoms with Crippen molar-refractivity contribution in [2.45, 2.75) is 26.9 Å². The van der Waals surface area contributed by atoms with Crippen molar-refractivity contribution in [3.63, 3.8) is 0 Å². The Hall–Kier alpha value is -1.51. The number of nitrogens with zero attached hydrogens (tertiary/aromatic N) is 1. The van der Waals surface area contributed by atoms with Gasteiger partial charge < -0.3 is 4.74 Å². The van der Waals surface area contributed by atoms with Crippen LogP contribution in [0, 0.1) is 13.8 Å². The Morgan fingerprint density at radius 2 is 2.13 bits per heavy atom. The first kappa shape index (κ1) is 10.0. The number of rotatable bonds is 1. The SMILES string of the molecule is Cc1cccc(N2CC(C)OC2=O)c1C. The fraction of sp³-hybridized carbons (Fsp3) is 0.417. The van der Waals surface area contributed by atoms with E-state index in [1.165, 1.54) is 5.56 Å². The summed E-state index contributed by atoms with van der Waals surface area (Å²) in [6.07, 6.45) is -0.256. The average molecular weight is 205 g/mol. The number of ether oxygens (including phenoxy) is 1. The second-order valence-corrected chi connectivity index (χ2v) is 4.02. The number of amides is 1. The zero-order valence-corrected chi connectivity index (χ0v) is 9.28. The van der Waals surface area contributed by atoms with Crippen LogP contribution in [0.25, 0.3) is 0 Å². The molecule has 1 amide bonds. The van der Waals surface area contributed by atoms with E-state index in [1.807, 2.05) is 39.0 Å². The van der Waals surface area contributed by atoms with E-state index in [9.17, 15) is 4.79 Å². The molecule has 0 aromatic heterocycles. The summed E-state index contributed by atoms with van der Waals surface area (Å²) in [5, 5.41) is 0. The number of anilines is 1. The maximum Gasteiger partial charge on any atom is 0.414 e. The Balaban J connectivity index is 2.38. The molecule has 0 bridgehead atoms. The number of benzene rings is 1. The second kappa shape index (κ2) is 3.57. The van der Waals surface area contributed by atoms with Gasteiger partial charge in [-0.05, 0) is 38.0 Å². The van der Waals surface area contributed by atoms with Crippen molar-refractivity contribution < 1.29 is 9.53 Å². The Bertz CT molecular complexity index is 401. The number of carbonyl (C=O) groups is 1. The van der Waals surface area contributed by atoms with Crippen molar-refractivity contribution in [2.75, 3.05) is 11.4 Å². The van der Waals surface area contributed by atoms with Crippen molar-refractivity contribution in [3.8, 4) is 0 Å². The summed E-state index contributed by atoms with van der Waals surface area (Å²) in [7, 11) is 0. The maximum absolute atomic E-state index is 11.6. The van der Waals surface area contributed by atoms with E-state index in [4.69, 9.17) is 4.74 Å². The van der Waals surface area contributed by atoms with Gasteiger partial charge in [0.25, 0.3) is 0 Å². The molecule has 1 heterocycles. The third kappa shape index (κ3) is 1.69. The van der Waals surface area contributed by atoms with Crippen molar-refractivity contribution in [1.82, 2.24) is 0 Å². The molecule has 3 nitrogen and oxygen atoms in total. The van der Waals surface area contributed by atoms with Gasteiger partial charge in [-0.15, -0.1) is 0 Å². The first-order valence-electron chi connectivity index (χ1n) is 5.14. The van der Waals surface area contributed by atoms with Crippen molar-refractivity contribution >= 4 is 11.8 Å². The predicted molar refractivity (Wildman–Crippen MR) is 59.2 cm³/mol. The molecule has 3 heteroatoms. The Kier molecular flexibility index (Phi) is 2.39. The zero-order chi connectivity index (χ0) is 11.0. The Morgan fingerprint density at radius 3 is 2.73 bits per heavy atom. The highest BCUT2D eigenvalue weighted by molar-refractivity contribution is 5.90. The fourth-order valence-electron chi connectivity index (χ4n) is 1.83. The molecule has 1 aliphatic heterocycles. The standard InChI is InChI=1S/C12H15NO2/c1-8-5-4-6-11(10(8)3)13-7-9(2)15-12(13)14/h4-6,9H,7H2,1-3H3. The van der Waals surface area contributed by atoms with E-state index < -0.39 is 0 Å². The third-order valence-electron chi connectivity index (χ3n) is 2.83. The first-order valence-corrected chi connectivity index (χ1v) is 5.14. The average Bonchev–Trinajstić information content (AvgIpc) is 2.50. The molecule has 0 radical (unpaired) electrons. The molecule has 1 aliphatic rings. The highest BCUT2D eigenvalue weighted by Crippen LogP contribution is 2.26. The monoisotopic (exact) mass is 205 g/mol. The lowest BCUT2D eigenvalue weighted by Gasteiger charge is -2.16. The largest absolute Gasteiger partial charge is 0.444 e. The van der Waals surface area contributed by atoms with Gasteiger partial charge in [-0.25, -0.2) is 4.79 Å². The molecule has 1 atom stereocenters. The highest BCUT2D eigenvalue weighted by Gasteiger charge is 2.30. The number of aryl methyl sites for hydroxylation is 1. The van der Waals surface area contributed by atoms with Crippen LogP contribution in [0.15, 0.2) is 18.2 Å². The predicted octanol–water partition coefficient (Wildman–Crippen LogP) is 2.65. The molecule has 80 valence electrons. The van der Waals surface area contributed by atoms with Gasteiger partial charge in [-0.1, -0.05) is 12.1 Å². The quantitative estimate of drug-likeness (QED) is 0.705. The topological polar surface area (TPSA) is 29.5 Å². The van der Waals surface area contributed by atoms with Gasteiger partial charge in [-0.3, -0.25) is 4.90 Å². The van der Waals surface area contributed by atoms with E-state index in [-0.39, 0.29) is 12.2 Å². The van der Waals surface area contributed by atoms with E-state index in [0.717, 1.165) is 11.3 Å². The van der Waals surface area contributed by atoms with Crippen molar-refractivity contribution in [1.29, 1.82) is 0 Å². The summed E-state index contributed by atoms with van der Waals surface area (Å²) in [5.41, 5.74) is 3.30. The highest BCUT2D eigenvalue weighted by atomic mass is 16.6. The summed E-state index contributed by atoms with van der Waals surface area (Å²) >= 11 is 0. The number of cyclic esters (lactones) is 1. The van der Waals surface area contributed by atoms with E-state index in [1.54, 1.807) is 4.90 Å². The van der Waals surface area contributed by atoms with E-state index >= 15 is 0 Å². The van der Waals surface area contributed by atoms with E-state index in [2.05, 4.69) is 0 Å². The van der Waals surface area contributed by atoms with Crippen LogP contribution >= 0.6 is 0 Å². The molecular weight excluding hydrogens is 190 g/mol. The molecule has 0 spiro atoms. The smallest absolute Gasteiger partial charge is 0.414 e. The van der Waals surface area contributed by atoms with Crippen LogP contribution in [0.4, 0.5) is 10.5 Å². The Labute approximate surface area is 89.7 Å². The summed E-state index contributed by atoms with van der Waals surface area (Å²) < 4.78 is 5.11. The van der Waals surface area contributed by atoms with Gasteiger partial charge in [0.1, 0.15) is 6.10 Å². The van der Waals surface area contributed by atoms with Crippen LogP contribution in [0.1, 0.15) is 18.1 Å². The first-order chi connectivity index (χ1) is 7.09. The molecule has 1 unspecified atom stereocenters. The molecule has 1 saturated heterocycles. The molecule has 0 aliphatic carbocycles. The van der Waals surface area contributed by atoms with Gasteiger partial charge >= 0.3 is 6.09 Å². The fourth-order valence-corrected chi connectivity index (χ4v) is 1.83. The molecule has 1 aromatic rings. The van der Waals surface area contributed by atoms with Gasteiger partial charge in [0.15, 0.2) is 0 Å². The lowest BCUT2D eigenvalue weighted by Crippen LogP contribution is -2.25. The molecular formula is C12H15NO2. The van der Waals surface area contributed by atoms with Crippen LogP contribution < -0.4 is 4.90 Å². The maximum atomic E-state index is 11.6. The number of hydrogen-bond donors (Lipinski definition) is 0. The van der Waals surface area contributed by atoms with Crippen molar-refractivity contribution in [2.24, 2.45) is 0 Å². The van der Waals surface area contributed by atoms with E-state index in [0.29, 0.717) is 6.54 Å². The van der Waals surface area contributed by atoms with Crippen LogP contribution in [0.3, 0.4) is 0 Å². The third-order valence-corrected chi connectivity index (χ3v) is 2.83. The zero-order valence-electron chi connectivity index (χ0n) is 9.28. The van der Waals surface area contributed by atoms with Gasteiger partial charge in [-0.2, -0.15) is 0 Å². The summed E-state index contributed by atoms with van der Waals surface area (Å²) in [6, 6.07) is 5.97. The van der Waals surface area contributed by atoms with Crippen LogP contribution in [0.5, 0.6) is 0 Å². The minimum atomic E-state index is -0.240. The minimum Gasteiger partial charge on any atom is -0.444 e. The molecule has 15 heavy (non-hydrogen) atoms. The lowest BCUT2D eigenvalue weighted by molar-refractivity contribution is 0.150. The molecule has 1 fully saturated rings. The molecule has 2 rings (SSSR count). The summed E-state index contributed by atoms with van der Waals surface area (Å²) in [5.74, 6) is 0. The summed E-state index contributed by atoms with van der Waals surface area (Å²) in [4.78, 5) is 13.3. The van der Waals surface area contributed by atoms with Gasteiger partial charge in [0.2, 0.25) is 0 Å². The number of hydrogen-bond acceptors (Lipinski definition) is 2.